The largest absolute Gasteiger partial charge is 0.455 e. The molecule has 2 aromatic carbocycles. The first-order valence-electron chi connectivity index (χ1n) is 8.87. The first-order valence-corrected chi connectivity index (χ1v) is 8.87. The lowest BCUT2D eigenvalue weighted by Crippen LogP contribution is -2.07. The van der Waals surface area contributed by atoms with Gasteiger partial charge in [-0.15, -0.1) is 5.10 Å². The summed E-state index contributed by atoms with van der Waals surface area (Å²) in [6.07, 6.45) is 5.12. The van der Waals surface area contributed by atoms with Crippen LogP contribution in [0.15, 0.2) is 60.8 Å². The second kappa shape index (κ2) is 9.36. The topological polar surface area (TPSA) is 72.0 Å². The number of ether oxygens (including phenoxy) is 1. The van der Waals surface area contributed by atoms with Gasteiger partial charge in [0, 0.05) is 6.54 Å². The van der Waals surface area contributed by atoms with Crippen molar-refractivity contribution in [3.63, 3.8) is 0 Å². The lowest BCUT2D eigenvalue weighted by molar-refractivity contribution is 0.485. The van der Waals surface area contributed by atoms with E-state index in [4.69, 9.17) is 4.74 Å². The minimum atomic E-state index is 0.426. The van der Waals surface area contributed by atoms with Crippen LogP contribution < -0.4 is 15.4 Å². The van der Waals surface area contributed by atoms with Crippen LogP contribution in [0.25, 0.3) is 0 Å². The molecule has 0 aliphatic carbocycles. The predicted molar refractivity (Wildman–Crippen MR) is 104 cm³/mol. The van der Waals surface area contributed by atoms with E-state index >= 15 is 0 Å². The van der Waals surface area contributed by atoms with Crippen LogP contribution in [0.1, 0.15) is 26.2 Å². The Labute approximate surface area is 153 Å². The number of hydrogen-bond acceptors (Lipinski definition) is 6. The van der Waals surface area contributed by atoms with Gasteiger partial charge in [-0.05, 0) is 30.7 Å². The number of benzene rings is 2. The summed E-state index contributed by atoms with van der Waals surface area (Å²) in [5.41, 5.74) is 0.779. The number of nitrogens with zero attached hydrogens (tertiary/aromatic N) is 3. The predicted octanol–water partition coefficient (Wildman–Crippen LogP) is 5.01. The monoisotopic (exact) mass is 349 g/mol. The smallest absolute Gasteiger partial charge is 0.249 e. The minimum absolute atomic E-state index is 0.426. The van der Waals surface area contributed by atoms with Crippen LogP contribution in [-0.4, -0.2) is 21.7 Å². The number of unbranched alkanes of at least 4 members (excludes halogenated alkanes) is 2. The molecule has 0 aliphatic rings. The summed E-state index contributed by atoms with van der Waals surface area (Å²) in [6, 6.07) is 17.3. The van der Waals surface area contributed by atoms with Crippen LogP contribution in [0, 0.1) is 0 Å². The van der Waals surface area contributed by atoms with Crippen molar-refractivity contribution in [1.82, 2.24) is 15.2 Å². The van der Waals surface area contributed by atoms with Gasteiger partial charge in [-0.2, -0.15) is 10.1 Å². The second-order valence-corrected chi connectivity index (χ2v) is 5.84. The Bertz CT molecular complexity index is 810. The van der Waals surface area contributed by atoms with E-state index < -0.39 is 0 Å². The standard InChI is InChI=1S/C20H23N5O/c1-2-3-9-14-21-19-15-22-25-20(24-19)23-17-12-7-8-13-18(17)26-16-10-5-4-6-11-16/h4-8,10-13,15H,2-3,9,14H2,1H3,(H2,21,23,24,25). The third-order valence-corrected chi connectivity index (χ3v) is 3.75. The third kappa shape index (κ3) is 5.17. The molecule has 3 aromatic rings. The molecule has 0 bridgehead atoms. The van der Waals surface area contributed by atoms with Gasteiger partial charge in [-0.1, -0.05) is 50.1 Å². The van der Waals surface area contributed by atoms with Crippen LogP contribution in [0.3, 0.4) is 0 Å². The summed E-state index contributed by atoms with van der Waals surface area (Å²) in [5, 5.41) is 14.5. The lowest BCUT2D eigenvalue weighted by atomic mass is 10.2. The lowest BCUT2D eigenvalue weighted by Gasteiger charge is -2.12. The summed E-state index contributed by atoms with van der Waals surface area (Å²) < 4.78 is 5.95. The number of nitrogens with one attached hydrogen (secondary N) is 2. The molecule has 0 spiro atoms. The van der Waals surface area contributed by atoms with Crippen LogP contribution in [0.2, 0.25) is 0 Å². The van der Waals surface area contributed by atoms with Crippen LogP contribution in [0.5, 0.6) is 11.5 Å². The highest BCUT2D eigenvalue weighted by Crippen LogP contribution is 2.30. The summed E-state index contributed by atoms with van der Waals surface area (Å²) in [7, 11) is 0. The molecule has 26 heavy (non-hydrogen) atoms. The number of aromatic nitrogens is 3. The molecule has 6 heteroatoms. The van der Waals surface area contributed by atoms with Crippen LogP contribution in [-0.2, 0) is 0 Å². The maximum atomic E-state index is 5.95. The fourth-order valence-corrected chi connectivity index (χ4v) is 2.43. The van der Waals surface area contributed by atoms with Gasteiger partial charge < -0.3 is 15.4 Å². The van der Waals surface area contributed by atoms with E-state index in [0.717, 1.165) is 24.4 Å². The van der Waals surface area contributed by atoms with Crippen molar-refractivity contribution < 1.29 is 4.74 Å². The summed E-state index contributed by atoms with van der Waals surface area (Å²) >= 11 is 0. The van der Waals surface area contributed by atoms with Gasteiger partial charge >= 0.3 is 0 Å². The van der Waals surface area contributed by atoms with Crippen molar-refractivity contribution in [3.05, 3.63) is 60.8 Å². The molecule has 0 atom stereocenters. The van der Waals surface area contributed by atoms with E-state index in [1.807, 2.05) is 54.6 Å². The molecule has 0 amide bonds. The molecule has 134 valence electrons. The SMILES string of the molecule is CCCCCNc1cnnc(Nc2ccccc2Oc2ccccc2)n1. The van der Waals surface area contributed by atoms with E-state index in [2.05, 4.69) is 32.7 Å². The van der Waals surface area contributed by atoms with Gasteiger partial charge in [0.2, 0.25) is 5.95 Å². The zero-order valence-electron chi connectivity index (χ0n) is 14.9. The first-order chi connectivity index (χ1) is 12.8. The molecule has 0 fully saturated rings. The third-order valence-electron chi connectivity index (χ3n) is 3.75. The van der Waals surface area contributed by atoms with Crippen molar-refractivity contribution in [3.8, 4) is 11.5 Å². The van der Waals surface area contributed by atoms with Crippen molar-refractivity contribution in [2.75, 3.05) is 17.2 Å². The second-order valence-electron chi connectivity index (χ2n) is 5.84. The Morgan fingerprint density at radius 3 is 2.62 bits per heavy atom. The highest BCUT2D eigenvalue weighted by molar-refractivity contribution is 5.63. The average molecular weight is 349 g/mol. The molecule has 1 aromatic heterocycles. The van der Waals surface area contributed by atoms with E-state index in [1.165, 1.54) is 12.8 Å². The molecule has 1 heterocycles. The Kier molecular flexibility index (Phi) is 6.36. The molecular formula is C20H23N5O. The summed E-state index contributed by atoms with van der Waals surface area (Å²) in [4.78, 5) is 4.46. The molecule has 0 unspecified atom stereocenters. The number of rotatable bonds is 9. The molecule has 0 saturated carbocycles. The van der Waals surface area contributed by atoms with Crippen molar-refractivity contribution in [2.24, 2.45) is 0 Å². The fraction of sp³-hybridized carbons (Fsp3) is 0.250. The van der Waals surface area contributed by atoms with E-state index in [1.54, 1.807) is 6.20 Å². The van der Waals surface area contributed by atoms with Crippen molar-refractivity contribution in [1.29, 1.82) is 0 Å². The van der Waals surface area contributed by atoms with E-state index in [9.17, 15) is 0 Å². The van der Waals surface area contributed by atoms with Gasteiger partial charge in [0.15, 0.2) is 11.6 Å². The van der Waals surface area contributed by atoms with Crippen molar-refractivity contribution in [2.45, 2.75) is 26.2 Å². The van der Waals surface area contributed by atoms with Gasteiger partial charge in [-0.3, -0.25) is 0 Å². The fourth-order valence-electron chi connectivity index (χ4n) is 2.43. The van der Waals surface area contributed by atoms with Gasteiger partial charge in [-0.25, -0.2) is 0 Å². The van der Waals surface area contributed by atoms with Gasteiger partial charge in [0.05, 0.1) is 11.9 Å². The number of hydrogen-bond donors (Lipinski definition) is 2. The normalized spacial score (nSPS) is 10.3. The zero-order valence-corrected chi connectivity index (χ0v) is 14.9. The quantitative estimate of drug-likeness (QED) is 0.529. The molecule has 2 N–H and O–H groups in total. The molecule has 3 rings (SSSR count). The highest BCUT2D eigenvalue weighted by Gasteiger charge is 2.07. The Hall–Kier alpha value is -3.15. The molecular weight excluding hydrogens is 326 g/mol. The van der Waals surface area contributed by atoms with E-state index in [0.29, 0.717) is 17.5 Å². The maximum absolute atomic E-state index is 5.95. The number of para-hydroxylation sites is 3. The molecule has 0 saturated heterocycles. The highest BCUT2D eigenvalue weighted by atomic mass is 16.5. The van der Waals surface area contributed by atoms with Crippen LogP contribution >= 0.6 is 0 Å². The summed E-state index contributed by atoms with van der Waals surface area (Å²) in [5.74, 6) is 2.60. The molecule has 6 nitrogen and oxygen atoms in total. The maximum Gasteiger partial charge on any atom is 0.249 e. The molecule has 0 aliphatic heterocycles. The Morgan fingerprint density at radius 2 is 1.77 bits per heavy atom. The Morgan fingerprint density at radius 1 is 0.962 bits per heavy atom. The Balaban J connectivity index is 1.69. The van der Waals surface area contributed by atoms with Crippen LogP contribution in [0.4, 0.5) is 17.5 Å². The van der Waals surface area contributed by atoms with E-state index in [-0.39, 0.29) is 0 Å². The van der Waals surface area contributed by atoms with Gasteiger partial charge in [0.1, 0.15) is 5.75 Å². The summed E-state index contributed by atoms with van der Waals surface area (Å²) in [6.45, 7) is 3.06. The molecule has 0 radical (unpaired) electrons. The minimum Gasteiger partial charge on any atom is -0.455 e. The zero-order chi connectivity index (χ0) is 18.0. The van der Waals surface area contributed by atoms with Gasteiger partial charge in [0.25, 0.3) is 0 Å². The average Bonchev–Trinajstić information content (AvgIpc) is 2.68. The number of anilines is 3. The van der Waals surface area contributed by atoms with Crippen molar-refractivity contribution >= 4 is 17.5 Å². The first kappa shape index (κ1) is 17.7.